The number of rotatable bonds is 4. The van der Waals surface area contributed by atoms with E-state index in [9.17, 15) is 0 Å². The van der Waals surface area contributed by atoms with Gasteiger partial charge >= 0.3 is 0 Å². The third-order valence-corrected chi connectivity index (χ3v) is 3.79. The van der Waals surface area contributed by atoms with Crippen molar-refractivity contribution in [2.24, 2.45) is 0 Å². The van der Waals surface area contributed by atoms with Gasteiger partial charge in [-0.3, -0.25) is 0 Å². The van der Waals surface area contributed by atoms with Crippen molar-refractivity contribution >= 4 is 22.5 Å². The van der Waals surface area contributed by atoms with Gasteiger partial charge in [-0.05, 0) is 57.5 Å². The minimum atomic E-state index is 0.834. The summed E-state index contributed by atoms with van der Waals surface area (Å²) in [4.78, 5) is 3.52. The van der Waals surface area contributed by atoms with E-state index in [1.165, 1.54) is 22.2 Å². The standard InChI is InChI=1S/C14H19ClN2/c1-9-11-6-7-12(15)10(2)14(11)17-13(9)5-4-8-16-3/h6-7,16-17H,4-5,8H2,1-3H3. The van der Waals surface area contributed by atoms with Gasteiger partial charge < -0.3 is 10.3 Å². The lowest BCUT2D eigenvalue weighted by Gasteiger charge is -1.99. The van der Waals surface area contributed by atoms with E-state index in [-0.39, 0.29) is 0 Å². The zero-order valence-corrected chi connectivity index (χ0v) is 11.4. The van der Waals surface area contributed by atoms with Crippen molar-refractivity contribution in [3.63, 3.8) is 0 Å². The summed E-state index contributed by atoms with van der Waals surface area (Å²) in [6.07, 6.45) is 2.23. The molecule has 1 aromatic carbocycles. The van der Waals surface area contributed by atoms with Crippen LogP contribution in [-0.4, -0.2) is 18.6 Å². The van der Waals surface area contributed by atoms with E-state index in [1.54, 1.807) is 0 Å². The van der Waals surface area contributed by atoms with Gasteiger partial charge in [-0.15, -0.1) is 0 Å². The van der Waals surface area contributed by atoms with Crippen LogP contribution >= 0.6 is 11.6 Å². The van der Waals surface area contributed by atoms with Crippen molar-refractivity contribution in [3.05, 3.63) is 34.0 Å². The molecule has 2 N–H and O–H groups in total. The molecule has 2 aromatic rings. The van der Waals surface area contributed by atoms with E-state index in [1.807, 2.05) is 13.1 Å². The fraction of sp³-hybridized carbons (Fsp3) is 0.429. The molecule has 0 spiro atoms. The molecule has 0 atom stereocenters. The van der Waals surface area contributed by atoms with E-state index in [0.717, 1.165) is 30.0 Å². The van der Waals surface area contributed by atoms with E-state index in [4.69, 9.17) is 11.6 Å². The minimum Gasteiger partial charge on any atom is -0.358 e. The number of H-pyrrole nitrogens is 1. The molecule has 2 rings (SSSR count). The summed E-state index contributed by atoms with van der Waals surface area (Å²) in [5.74, 6) is 0. The lowest BCUT2D eigenvalue weighted by Crippen LogP contribution is -2.08. The van der Waals surface area contributed by atoms with Crippen LogP contribution in [0.2, 0.25) is 5.02 Å². The Morgan fingerprint density at radius 1 is 1.24 bits per heavy atom. The summed E-state index contributed by atoms with van der Waals surface area (Å²) in [7, 11) is 1.99. The highest BCUT2D eigenvalue weighted by molar-refractivity contribution is 6.32. The van der Waals surface area contributed by atoms with Crippen LogP contribution in [0.3, 0.4) is 0 Å². The van der Waals surface area contributed by atoms with E-state index < -0.39 is 0 Å². The van der Waals surface area contributed by atoms with Crippen molar-refractivity contribution < 1.29 is 0 Å². The van der Waals surface area contributed by atoms with Crippen LogP contribution in [0, 0.1) is 13.8 Å². The molecule has 2 nitrogen and oxygen atoms in total. The van der Waals surface area contributed by atoms with Crippen LogP contribution in [-0.2, 0) is 6.42 Å². The molecular formula is C14H19ClN2. The summed E-state index contributed by atoms with van der Waals surface area (Å²) in [5.41, 5.74) is 5.03. The predicted molar refractivity (Wildman–Crippen MR) is 75.0 cm³/mol. The number of benzene rings is 1. The molecule has 0 aliphatic carbocycles. The number of hydrogen-bond acceptors (Lipinski definition) is 1. The first kappa shape index (κ1) is 12.5. The first-order valence-corrected chi connectivity index (χ1v) is 6.43. The SMILES string of the molecule is CNCCCc1[nH]c2c(C)c(Cl)ccc2c1C. The average molecular weight is 251 g/mol. The largest absolute Gasteiger partial charge is 0.358 e. The highest BCUT2D eigenvalue weighted by Crippen LogP contribution is 2.29. The van der Waals surface area contributed by atoms with Crippen LogP contribution in [0.15, 0.2) is 12.1 Å². The van der Waals surface area contributed by atoms with Crippen LogP contribution in [0.1, 0.15) is 23.2 Å². The van der Waals surface area contributed by atoms with Gasteiger partial charge in [0.15, 0.2) is 0 Å². The highest BCUT2D eigenvalue weighted by Gasteiger charge is 2.10. The van der Waals surface area contributed by atoms with Crippen molar-refractivity contribution in [3.8, 4) is 0 Å². The average Bonchev–Trinajstić information content (AvgIpc) is 2.63. The van der Waals surface area contributed by atoms with Gasteiger partial charge in [0.2, 0.25) is 0 Å². The zero-order valence-electron chi connectivity index (χ0n) is 10.7. The van der Waals surface area contributed by atoms with Gasteiger partial charge in [0.25, 0.3) is 0 Å². The molecule has 0 aliphatic heterocycles. The molecule has 0 saturated carbocycles. The lowest BCUT2D eigenvalue weighted by atomic mass is 10.1. The Hall–Kier alpha value is -0.990. The van der Waals surface area contributed by atoms with Crippen molar-refractivity contribution in [2.45, 2.75) is 26.7 Å². The Morgan fingerprint density at radius 2 is 2.00 bits per heavy atom. The van der Waals surface area contributed by atoms with Gasteiger partial charge in [0, 0.05) is 16.1 Å². The normalized spacial score (nSPS) is 11.3. The number of hydrogen-bond donors (Lipinski definition) is 2. The second-order valence-corrected chi connectivity index (χ2v) is 4.94. The molecule has 3 heteroatoms. The number of fused-ring (bicyclic) bond motifs is 1. The van der Waals surface area contributed by atoms with Gasteiger partial charge in [0.05, 0.1) is 5.52 Å². The monoisotopic (exact) mass is 250 g/mol. The molecule has 0 saturated heterocycles. The molecule has 92 valence electrons. The highest BCUT2D eigenvalue weighted by atomic mass is 35.5. The molecule has 0 amide bonds. The Balaban J connectivity index is 2.39. The number of halogens is 1. The van der Waals surface area contributed by atoms with Gasteiger partial charge in [-0.1, -0.05) is 17.7 Å². The number of aromatic nitrogens is 1. The summed E-state index contributed by atoms with van der Waals surface area (Å²) >= 11 is 6.15. The van der Waals surface area contributed by atoms with E-state index in [0.29, 0.717) is 0 Å². The van der Waals surface area contributed by atoms with Crippen LogP contribution in [0.25, 0.3) is 10.9 Å². The zero-order chi connectivity index (χ0) is 12.4. The van der Waals surface area contributed by atoms with Gasteiger partial charge in [-0.2, -0.15) is 0 Å². The van der Waals surface area contributed by atoms with Crippen LogP contribution in [0.5, 0.6) is 0 Å². The Kier molecular flexibility index (Phi) is 3.75. The maximum atomic E-state index is 6.15. The topological polar surface area (TPSA) is 27.8 Å². The number of nitrogens with one attached hydrogen (secondary N) is 2. The smallest absolute Gasteiger partial charge is 0.0503 e. The lowest BCUT2D eigenvalue weighted by molar-refractivity contribution is 0.716. The molecule has 17 heavy (non-hydrogen) atoms. The molecule has 0 fully saturated rings. The Bertz CT molecular complexity index is 528. The summed E-state index contributed by atoms with van der Waals surface area (Å²) in [6.45, 7) is 5.30. The van der Waals surface area contributed by atoms with Crippen molar-refractivity contribution in [1.29, 1.82) is 0 Å². The van der Waals surface area contributed by atoms with Gasteiger partial charge in [-0.25, -0.2) is 0 Å². The van der Waals surface area contributed by atoms with Crippen molar-refractivity contribution in [1.82, 2.24) is 10.3 Å². The summed E-state index contributed by atoms with van der Waals surface area (Å²) < 4.78 is 0. The number of aryl methyl sites for hydroxylation is 3. The molecule has 1 heterocycles. The molecular weight excluding hydrogens is 232 g/mol. The maximum absolute atomic E-state index is 6.15. The third-order valence-electron chi connectivity index (χ3n) is 3.39. The summed E-state index contributed by atoms with van der Waals surface area (Å²) in [5, 5.41) is 5.31. The minimum absolute atomic E-state index is 0.834. The second kappa shape index (κ2) is 5.11. The first-order valence-electron chi connectivity index (χ1n) is 6.06. The summed E-state index contributed by atoms with van der Waals surface area (Å²) in [6, 6.07) is 4.09. The molecule has 0 unspecified atom stereocenters. The van der Waals surface area contributed by atoms with Crippen LogP contribution in [0.4, 0.5) is 0 Å². The van der Waals surface area contributed by atoms with Crippen LogP contribution < -0.4 is 5.32 Å². The third kappa shape index (κ3) is 2.33. The molecule has 0 radical (unpaired) electrons. The maximum Gasteiger partial charge on any atom is 0.0503 e. The van der Waals surface area contributed by atoms with Gasteiger partial charge in [0.1, 0.15) is 0 Å². The molecule has 0 bridgehead atoms. The number of aromatic amines is 1. The molecule has 0 aliphatic rings. The quantitative estimate of drug-likeness (QED) is 0.798. The fourth-order valence-corrected chi connectivity index (χ4v) is 2.42. The van der Waals surface area contributed by atoms with E-state index in [2.05, 4.69) is 30.2 Å². The van der Waals surface area contributed by atoms with Crippen molar-refractivity contribution in [2.75, 3.05) is 13.6 Å². The fourth-order valence-electron chi connectivity index (χ4n) is 2.26. The Labute approximate surface area is 107 Å². The first-order chi connectivity index (χ1) is 8.15. The molecule has 1 aromatic heterocycles. The van der Waals surface area contributed by atoms with E-state index >= 15 is 0 Å². The Morgan fingerprint density at radius 3 is 2.71 bits per heavy atom. The predicted octanol–water partition coefficient (Wildman–Crippen LogP) is 3.59. The second-order valence-electron chi connectivity index (χ2n) is 4.53.